The van der Waals surface area contributed by atoms with Gasteiger partial charge in [-0.2, -0.15) is 0 Å². The maximum absolute atomic E-state index is 11.3. The molecule has 0 radical (unpaired) electrons. The largest absolute Gasteiger partial charge is 0.481 e. The van der Waals surface area contributed by atoms with Gasteiger partial charge in [-0.3, -0.25) is 14.4 Å². The highest BCUT2D eigenvalue weighted by Gasteiger charge is 2.06. The fraction of sp³-hybridized carbons (Fsp3) is 0.250. The summed E-state index contributed by atoms with van der Waals surface area (Å²) in [6, 6.07) is 6.32. The zero-order chi connectivity index (χ0) is 13.5. The van der Waals surface area contributed by atoms with Crippen molar-refractivity contribution in [2.45, 2.75) is 12.8 Å². The molecule has 6 nitrogen and oxygen atoms in total. The van der Waals surface area contributed by atoms with Gasteiger partial charge in [-0.15, -0.1) is 0 Å². The average Bonchev–Trinajstić information content (AvgIpc) is 2.36. The summed E-state index contributed by atoms with van der Waals surface area (Å²) >= 11 is 0. The fourth-order valence-electron chi connectivity index (χ4n) is 1.29. The topological polar surface area (TPSA) is 95.5 Å². The Hall–Kier alpha value is -2.37. The lowest BCUT2D eigenvalue weighted by Gasteiger charge is -2.05. The molecule has 1 aromatic rings. The highest BCUT2D eigenvalue weighted by Crippen LogP contribution is 2.10. The number of hydrogen-bond acceptors (Lipinski definition) is 3. The van der Waals surface area contributed by atoms with Crippen molar-refractivity contribution in [2.24, 2.45) is 0 Å². The maximum atomic E-state index is 11.3. The van der Waals surface area contributed by atoms with Crippen LogP contribution < -0.4 is 10.6 Å². The van der Waals surface area contributed by atoms with Crippen LogP contribution in [-0.4, -0.2) is 29.9 Å². The Morgan fingerprint density at radius 3 is 2.22 bits per heavy atom. The average molecular weight is 250 g/mol. The van der Waals surface area contributed by atoms with Gasteiger partial charge < -0.3 is 15.7 Å². The third-order valence-electron chi connectivity index (χ3n) is 2.22. The molecule has 1 aromatic carbocycles. The van der Waals surface area contributed by atoms with Crippen molar-refractivity contribution in [3.05, 3.63) is 29.8 Å². The molecule has 18 heavy (non-hydrogen) atoms. The van der Waals surface area contributed by atoms with Gasteiger partial charge in [0.05, 0.1) is 6.42 Å². The van der Waals surface area contributed by atoms with Crippen LogP contribution in [0.25, 0.3) is 0 Å². The second-order valence-corrected chi connectivity index (χ2v) is 3.60. The number of rotatable bonds is 5. The first-order chi connectivity index (χ1) is 8.52. The van der Waals surface area contributed by atoms with Crippen LogP contribution in [0, 0.1) is 0 Å². The Bertz CT molecular complexity index is 454. The van der Waals surface area contributed by atoms with Crippen molar-refractivity contribution in [2.75, 3.05) is 12.4 Å². The Morgan fingerprint density at radius 2 is 1.72 bits per heavy atom. The van der Waals surface area contributed by atoms with Crippen LogP contribution in [0.4, 0.5) is 5.69 Å². The van der Waals surface area contributed by atoms with E-state index in [1.165, 1.54) is 7.05 Å². The lowest BCUT2D eigenvalue weighted by molar-refractivity contribution is -0.138. The predicted molar refractivity (Wildman–Crippen MR) is 65.3 cm³/mol. The number of aliphatic carboxylic acids is 1. The van der Waals surface area contributed by atoms with Crippen LogP contribution in [0.1, 0.15) is 23.2 Å². The number of amides is 2. The standard InChI is InChI=1S/C12H14N2O4/c1-13-12(18)8-2-4-9(5-3-8)14-10(15)6-7-11(16)17/h2-5H,6-7H2,1H3,(H,13,18)(H,14,15)(H,16,17). The van der Waals surface area contributed by atoms with Crippen LogP contribution in [0.15, 0.2) is 24.3 Å². The van der Waals surface area contributed by atoms with Crippen LogP contribution in [0.2, 0.25) is 0 Å². The first-order valence-corrected chi connectivity index (χ1v) is 5.36. The van der Waals surface area contributed by atoms with E-state index in [1.807, 2.05) is 0 Å². The van der Waals surface area contributed by atoms with Crippen molar-refractivity contribution in [1.29, 1.82) is 0 Å². The van der Waals surface area contributed by atoms with Gasteiger partial charge in [-0.25, -0.2) is 0 Å². The van der Waals surface area contributed by atoms with Gasteiger partial charge in [0.25, 0.3) is 5.91 Å². The first kappa shape index (κ1) is 13.7. The van der Waals surface area contributed by atoms with Crippen LogP contribution in [0.3, 0.4) is 0 Å². The molecule has 0 aliphatic carbocycles. The number of carboxylic acids is 1. The van der Waals surface area contributed by atoms with Crippen LogP contribution in [0.5, 0.6) is 0 Å². The number of nitrogens with one attached hydrogen (secondary N) is 2. The molecule has 3 N–H and O–H groups in total. The fourth-order valence-corrected chi connectivity index (χ4v) is 1.29. The number of anilines is 1. The zero-order valence-corrected chi connectivity index (χ0v) is 9.90. The van der Waals surface area contributed by atoms with E-state index in [0.29, 0.717) is 11.3 Å². The van der Waals surface area contributed by atoms with Crippen molar-refractivity contribution in [3.8, 4) is 0 Å². The maximum Gasteiger partial charge on any atom is 0.303 e. The molecular weight excluding hydrogens is 236 g/mol. The van der Waals surface area contributed by atoms with E-state index < -0.39 is 5.97 Å². The zero-order valence-electron chi connectivity index (χ0n) is 9.90. The molecule has 96 valence electrons. The Morgan fingerprint density at radius 1 is 1.11 bits per heavy atom. The summed E-state index contributed by atoms with van der Waals surface area (Å²) in [5.74, 6) is -1.59. The number of carbonyl (C=O) groups is 3. The quantitative estimate of drug-likeness (QED) is 0.721. The Labute approximate surface area is 104 Å². The first-order valence-electron chi connectivity index (χ1n) is 5.36. The lowest BCUT2D eigenvalue weighted by Crippen LogP contribution is -2.18. The van der Waals surface area contributed by atoms with E-state index in [-0.39, 0.29) is 24.7 Å². The molecule has 1 rings (SSSR count). The molecule has 0 bridgehead atoms. The minimum absolute atomic E-state index is 0.0769. The highest BCUT2D eigenvalue weighted by atomic mass is 16.4. The summed E-state index contributed by atoms with van der Waals surface area (Å²) in [5.41, 5.74) is 1.01. The van der Waals surface area contributed by atoms with E-state index in [9.17, 15) is 14.4 Å². The summed E-state index contributed by atoms with van der Waals surface area (Å²) in [6.45, 7) is 0. The van der Waals surface area contributed by atoms with Gasteiger partial charge in [0.1, 0.15) is 0 Å². The monoisotopic (exact) mass is 250 g/mol. The molecule has 2 amide bonds. The summed E-state index contributed by atoms with van der Waals surface area (Å²) in [7, 11) is 1.53. The van der Waals surface area contributed by atoms with E-state index in [4.69, 9.17) is 5.11 Å². The Balaban J connectivity index is 2.55. The van der Waals surface area contributed by atoms with Gasteiger partial charge >= 0.3 is 5.97 Å². The minimum atomic E-state index is -1.01. The minimum Gasteiger partial charge on any atom is -0.481 e. The third kappa shape index (κ3) is 4.25. The molecule has 0 aliphatic heterocycles. The van der Waals surface area contributed by atoms with Gasteiger partial charge in [0, 0.05) is 24.7 Å². The molecular formula is C12H14N2O4. The molecule has 6 heteroatoms. The Kier molecular flexibility index (Phi) is 4.86. The van der Waals surface area contributed by atoms with Crippen molar-refractivity contribution in [3.63, 3.8) is 0 Å². The highest BCUT2D eigenvalue weighted by molar-refractivity contribution is 5.96. The molecule has 0 heterocycles. The second kappa shape index (κ2) is 6.39. The summed E-state index contributed by atoms with van der Waals surface area (Å²) in [5, 5.41) is 13.5. The second-order valence-electron chi connectivity index (χ2n) is 3.60. The van der Waals surface area contributed by atoms with Crippen molar-refractivity contribution < 1.29 is 19.5 Å². The van der Waals surface area contributed by atoms with Crippen LogP contribution in [-0.2, 0) is 9.59 Å². The number of carboxylic acid groups (broad SMARTS) is 1. The van der Waals surface area contributed by atoms with Gasteiger partial charge in [0.2, 0.25) is 5.91 Å². The van der Waals surface area contributed by atoms with E-state index in [1.54, 1.807) is 24.3 Å². The van der Waals surface area contributed by atoms with E-state index >= 15 is 0 Å². The molecule has 0 saturated heterocycles. The number of benzene rings is 1. The van der Waals surface area contributed by atoms with Crippen molar-refractivity contribution in [1.82, 2.24) is 5.32 Å². The SMILES string of the molecule is CNC(=O)c1ccc(NC(=O)CCC(=O)O)cc1. The molecule has 0 fully saturated rings. The normalized spacial score (nSPS) is 9.61. The molecule has 0 spiro atoms. The van der Waals surface area contributed by atoms with Crippen LogP contribution >= 0.6 is 0 Å². The summed E-state index contributed by atoms with van der Waals surface area (Å²) in [6.07, 6.45) is -0.283. The third-order valence-corrected chi connectivity index (χ3v) is 2.22. The van der Waals surface area contributed by atoms with Gasteiger partial charge in [-0.05, 0) is 24.3 Å². The smallest absolute Gasteiger partial charge is 0.303 e. The van der Waals surface area contributed by atoms with Gasteiger partial charge in [-0.1, -0.05) is 0 Å². The summed E-state index contributed by atoms with van der Waals surface area (Å²) < 4.78 is 0. The molecule has 0 unspecified atom stereocenters. The van der Waals surface area contributed by atoms with Crippen molar-refractivity contribution >= 4 is 23.5 Å². The summed E-state index contributed by atoms with van der Waals surface area (Å²) in [4.78, 5) is 32.9. The van der Waals surface area contributed by atoms with E-state index in [0.717, 1.165) is 0 Å². The van der Waals surface area contributed by atoms with Gasteiger partial charge in [0.15, 0.2) is 0 Å². The molecule has 0 aromatic heterocycles. The predicted octanol–water partition coefficient (Wildman–Crippen LogP) is 0.849. The molecule has 0 aliphatic rings. The number of carbonyl (C=O) groups excluding carboxylic acids is 2. The molecule has 0 saturated carbocycles. The lowest BCUT2D eigenvalue weighted by atomic mass is 10.2. The van der Waals surface area contributed by atoms with E-state index in [2.05, 4.69) is 10.6 Å². The number of hydrogen-bond donors (Lipinski definition) is 3. The molecule has 0 atom stereocenters.